The summed E-state index contributed by atoms with van der Waals surface area (Å²) in [6, 6.07) is 83.4. The maximum absolute atomic E-state index is 6.08. The Morgan fingerprint density at radius 2 is 0.766 bits per heavy atom. The largest absolute Gasteiger partial charge is 0.311 e. The van der Waals surface area contributed by atoms with Gasteiger partial charge in [-0.2, -0.15) is 0 Å². The van der Waals surface area contributed by atoms with Crippen LogP contribution in [-0.4, -0.2) is 27.8 Å². The molecule has 77 heavy (non-hydrogen) atoms. The summed E-state index contributed by atoms with van der Waals surface area (Å²) in [4.78, 5) is 11.5. The third kappa shape index (κ3) is 5.01. The van der Waals surface area contributed by atoms with Crippen LogP contribution in [0, 0.1) is 0 Å². The molecule has 0 atom stereocenters. The van der Waals surface area contributed by atoms with Crippen molar-refractivity contribution in [2.45, 2.75) is 63.2 Å². The highest BCUT2D eigenvalue weighted by Gasteiger charge is 2.60. The normalized spacial score (nSPS) is 17.1. The number of fused-ring (bicyclic) bond motifs is 24. The maximum atomic E-state index is 6.08. The van der Waals surface area contributed by atoms with Crippen molar-refractivity contribution in [2.24, 2.45) is 0 Å². The van der Waals surface area contributed by atoms with Crippen LogP contribution in [-0.2, 0) is 16.2 Å². The lowest BCUT2D eigenvalue weighted by Crippen LogP contribution is -2.67. The average molecular weight is 1020 g/mol. The Hall–Kier alpha value is -8.03. The zero-order chi connectivity index (χ0) is 51.7. The number of hydrogen-bond acceptors (Lipinski definition) is 3. The summed E-state index contributed by atoms with van der Waals surface area (Å²) in [6.45, 7) is 17.1. The number of hydrogen-bond donors (Lipinski definition) is 0. The minimum absolute atomic E-state index is 0.113. The summed E-state index contributed by atoms with van der Waals surface area (Å²) in [6.07, 6.45) is 0. The lowest BCUT2D eigenvalue weighted by atomic mass is 9.32. The second-order valence-corrected chi connectivity index (χ2v) is 33.5. The molecule has 7 heterocycles. The van der Waals surface area contributed by atoms with Crippen molar-refractivity contribution >= 4 is 116 Å². The van der Waals surface area contributed by atoms with Gasteiger partial charge in [0.15, 0.2) is 0 Å². The van der Waals surface area contributed by atoms with Crippen molar-refractivity contribution in [3.63, 3.8) is 0 Å². The fourth-order valence-corrected chi connectivity index (χ4v) is 23.1. The van der Waals surface area contributed by atoms with Gasteiger partial charge in [-0.1, -0.05) is 241 Å². The first kappa shape index (κ1) is 44.1. The van der Waals surface area contributed by atoms with E-state index in [1.165, 1.54) is 132 Å². The number of nitrogens with zero attached hydrogens (tertiary/aromatic N) is 3. The topological polar surface area (TPSA) is 19.4 Å². The molecule has 0 bridgehead atoms. The fraction of sp³-hybridized carbons (Fsp3) is 0.141. The molecule has 2 spiro atoms. The first-order valence-corrected chi connectivity index (χ1v) is 33.8. The van der Waals surface area contributed by atoms with Gasteiger partial charge >= 0.3 is 0 Å². The molecule has 0 aliphatic carbocycles. The molecule has 0 saturated heterocycles. The van der Waals surface area contributed by atoms with Gasteiger partial charge in [-0.05, 0) is 105 Å². The molecular formula is C71H56BN3Si2. The van der Waals surface area contributed by atoms with Crippen molar-refractivity contribution in [3.05, 3.63) is 263 Å². The molecule has 0 radical (unpaired) electrons. The summed E-state index contributed by atoms with van der Waals surface area (Å²) in [5.74, 6) is 0. The lowest BCUT2D eigenvalue weighted by molar-refractivity contribution is 0.578. The number of benzene rings is 10. The van der Waals surface area contributed by atoms with E-state index in [0.29, 0.717) is 0 Å². The van der Waals surface area contributed by atoms with E-state index < -0.39 is 27.0 Å². The van der Waals surface area contributed by atoms with Gasteiger partial charge in [0.2, 0.25) is 0 Å². The molecule has 0 fully saturated rings. The van der Waals surface area contributed by atoms with E-state index in [0.717, 1.165) is 11.2 Å². The number of rotatable bonds is 0. The lowest BCUT2D eigenvalue weighted by Gasteiger charge is -2.56. The van der Waals surface area contributed by atoms with E-state index in [4.69, 9.17) is 4.98 Å². The van der Waals surface area contributed by atoms with Gasteiger partial charge in [-0.15, -0.1) is 0 Å². The highest BCUT2D eigenvalue weighted by atomic mass is 28.3. The molecule has 3 nitrogen and oxygen atoms in total. The van der Waals surface area contributed by atoms with E-state index in [2.05, 4.69) is 269 Å². The van der Waals surface area contributed by atoms with Gasteiger partial charge in [-0.25, -0.2) is 4.98 Å². The predicted octanol–water partition coefficient (Wildman–Crippen LogP) is 12.4. The first-order chi connectivity index (χ1) is 37.4. The zero-order valence-electron chi connectivity index (χ0n) is 44.6. The van der Waals surface area contributed by atoms with Crippen molar-refractivity contribution in [1.29, 1.82) is 0 Å². The van der Waals surface area contributed by atoms with Crippen molar-refractivity contribution in [1.82, 2.24) is 4.98 Å². The Bertz CT molecular complexity index is 4400. The summed E-state index contributed by atoms with van der Waals surface area (Å²) in [5, 5.41) is 9.70. The van der Waals surface area contributed by atoms with Crippen molar-refractivity contribution in [3.8, 4) is 0 Å². The van der Waals surface area contributed by atoms with Crippen LogP contribution in [0.1, 0.15) is 71.0 Å². The summed E-state index contributed by atoms with van der Waals surface area (Å²) >= 11 is 0. The Kier molecular flexibility index (Phi) is 8.31. The number of anilines is 6. The quantitative estimate of drug-likeness (QED) is 0.111. The Balaban J connectivity index is 1.08. The summed E-state index contributed by atoms with van der Waals surface area (Å²) < 4.78 is 0. The third-order valence-corrected chi connectivity index (χ3v) is 26.7. The van der Waals surface area contributed by atoms with Gasteiger partial charge in [0.05, 0.1) is 39.1 Å². The fourth-order valence-electron chi connectivity index (χ4n) is 16.7. The third-order valence-electron chi connectivity index (χ3n) is 19.6. The van der Waals surface area contributed by atoms with Gasteiger partial charge in [0, 0.05) is 33.2 Å². The highest BCUT2D eigenvalue weighted by Crippen LogP contribution is 2.63. The van der Waals surface area contributed by atoms with Crippen molar-refractivity contribution in [2.75, 3.05) is 9.80 Å². The van der Waals surface area contributed by atoms with Crippen molar-refractivity contribution < 1.29 is 0 Å². The van der Waals surface area contributed by atoms with Gasteiger partial charge in [0.25, 0.3) is 6.71 Å². The van der Waals surface area contributed by atoms with E-state index >= 15 is 0 Å². The Morgan fingerprint density at radius 1 is 0.377 bits per heavy atom. The first-order valence-electron chi connectivity index (χ1n) is 27.8. The van der Waals surface area contributed by atoms with Gasteiger partial charge in [-0.3, -0.25) is 0 Å². The van der Waals surface area contributed by atoms with E-state index in [1.807, 2.05) is 0 Å². The van der Waals surface area contributed by atoms with Crippen LogP contribution in [0.15, 0.2) is 212 Å². The SMILES string of the molecule is CC(C)(C)c1nc2c3c4c(cc2c2ccccc12)N1c2ccccc2C2(c5ccccc5[Si](C)(C)c5ccccc52)c2cccc(c21)B4c1cccc2c1N3c1ccccc1C21c2ccccc2[Si](C)(C)c2ccccc21. The number of aromatic nitrogens is 1. The predicted molar refractivity (Wildman–Crippen MR) is 329 cm³/mol. The Labute approximate surface area is 453 Å². The molecule has 6 aliphatic rings. The van der Waals surface area contributed by atoms with Gasteiger partial charge in [0.1, 0.15) is 16.1 Å². The molecule has 0 amide bonds. The smallest absolute Gasteiger partial charge is 0.252 e. The number of para-hydroxylation sites is 4. The maximum Gasteiger partial charge on any atom is 0.252 e. The van der Waals surface area contributed by atoms with Crippen LogP contribution in [0.5, 0.6) is 0 Å². The van der Waals surface area contributed by atoms with E-state index in [-0.39, 0.29) is 12.1 Å². The summed E-state index contributed by atoms with van der Waals surface area (Å²) in [7, 11) is -4.32. The van der Waals surface area contributed by atoms with E-state index in [1.54, 1.807) is 0 Å². The molecule has 0 unspecified atom stereocenters. The molecule has 6 heteroatoms. The zero-order valence-corrected chi connectivity index (χ0v) is 46.6. The minimum Gasteiger partial charge on any atom is -0.311 e. The molecule has 10 aromatic carbocycles. The van der Waals surface area contributed by atoms with Crippen LogP contribution in [0.3, 0.4) is 0 Å². The minimum atomic E-state index is -2.17. The molecule has 6 aliphatic heterocycles. The monoisotopic (exact) mass is 1020 g/mol. The summed E-state index contributed by atoms with van der Waals surface area (Å²) in [5.41, 5.74) is 23.4. The molecule has 366 valence electrons. The molecule has 17 rings (SSSR count). The van der Waals surface area contributed by atoms with Crippen LogP contribution >= 0.6 is 0 Å². The highest BCUT2D eigenvalue weighted by molar-refractivity contribution is 7.02. The average Bonchev–Trinajstić information content (AvgIpc) is 3.27. The standard InChI is InChI=1S/C71H56BN3Si2/c1-69(2,3)68-44-25-9-8-24-43(44)45-42-58-63-67(64(45)73-68)75-57-37-17-11-27-47(57)71(50-30-14-20-40-61(50)77(6,7)62-41-21-15-31-51(62)71)53-33-23-35-55(66(53)75)72(63)54-34-22-32-52-65(54)74(58)56-36-16-10-26-46(56)70(52)48-28-12-18-38-59(48)76(4,5)60-39-19-13-29-49(60)70/h8-42H,1-7H3. The van der Waals surface area contributed by atoms with Crippen LogP contribution in [0.25, 0.3) is 21.7 Å². The Morgan fingerprint density at radius 3 is 1.25 bits per heavy atom. The second-order valence-electron chi connectivity index (χ2n) is 24.9. The molecular weight excluding hydrogens is 962 g/mol. The number of pyridine rings is 1. The second kappa shape index (κ2) is 14.5. The van der Waals surface area contributed by atoms with E-state index in [9.17, 15) is 0 Å². The molecule has 11 aromatic rings. The van der Waals surface area contributed by atoms with Crippen LogP contribution in [0.4, 0.5) is 34.1 Å². The molecule has 0 saturated carbocycles. The molecule has 1 aromatic heterocycles. The van der Waals surface area contributed by atoms with Crippen LogP contribution in [0.2, 0.25) is 26.2 Å². The van der Waals surface area contributed by atoms with Gasteiger partial charge < -0.3 is 9.80 Å². The molecule has 0 N–H and O–H groups in total. The van der Waals surface area contributed by atoms with Crippen LogP contribution < -0.4 is 46.9 Å².